The maximum atomic E-state index is 13.5. The zero-order chi connectivity index (χ0) is 15.4. The zero-order valence-corrected chi connectivity index (χ0v) is 12.3. The van der Waals surface area contributed by atoms with Gasteiger partial charge in [0, 0.05) is 24.2 Å². The summed E-state index contributed by atoms with van der Waals surface area (Å²) in [5.74, 6) is -0.604. The second-order valence-corrected chi connectivity index (χ2v) is 5.08. The fourth-order valence-corrected chi connectivity index (χ4v) is 2.32. The molecule has 0 saturated carbocycles. The Morgan fingerprint density at radius 1 is 1.14 bits per heavy atom. The van der Waals surface area contributed by atoms with Crippen molar-refractivity contribution < 1.29 is 14.4 Å². The summed E-state index contributed by atoms with van der Waals surface area (Å²) in [7, 11) is -1.79. The van der Waals surface area contributed by atoms with Crippen LogP contribution in [0.1, 0.15) is 18.1 Å². The maximum Gasteiger partial charge on any atom is 0.491 e. The Hall–Kier alpha value is -1.85. The van der Waals surface area contributed by atoms with E-state index in [1.54, 1.807) is 6.07 Å². The molecule has 0 atom stereocenters. The summed E-state index contributed by atoms with van der Waals surface area (Å²) >= 11 is 0. The molecule has 0 heterocycles. The quantitative estimate of drug-likeness (QED) is 0.825. The molecule has 2 rings (SSSR count). The molecule has 2 aromatic carbocycles. The lowest BCUT2D eigenvalue weighted by molar-refractivity contribution is 0.423. The van der Waals surface area contributed by atoms with Crippen LogP contribution in [0.2, 0.25) is 0 Å². The van der Waals surface area contributed by atoms with Crippen LogP contribution in [-0.4, -0.2) is 23.7 Å². The molecule has 0 radical (unpaired) electrons. The van der Waals surface area contributed by atoms with Crippen molar-refractivity contribution in [2.24, 2.45) is 0 Å². The van der Waals surface area contributed by atoms with Gasteiger partial charge in [-0.15, -0.1) is 0 Å². The summed E-state index contributed by atoms with van der Waals surface area (Å²) in [5.41, 5.74) is 3.01. The van der Waals surface area contributed by atoms with Crippen molar-refractivity contribution in [3.8, 4) is 0 Å². The number of aryl methyl sites for hydroxylation is 1. The van der Waals surface area contributed by atoms with Crippen LogP contribution < -0.4 is 10.4 Å². The molecule has 0 aliphatic heterocycles. The number of hydrogen-bond acceptors (Lipinski definition) is 3. The highest BCUT2D eigenvalue weighted by molar-refractivity contribution is 6.58. The van der Waals surface area contributed by atoms with E-state index < -0.39 is 12.9 Å². The molecule has 2 N–H and O–H groups in total. The first-order valence-electron chi connectivity index (χ1n) is 6.97. The van der Waals surface area contributed by atoms with Gasteiger partial charge in [0.25, 0.3) is 0 Å². The Balaban J connectivity index is 2.25. The van der Waals surface area contributed by atoms with E-state index in [2.05, 4.69) is 11.0 Å². The predicted octanol–water partition coefficient (Wildman–Crippen LogP) is 1.84. The molecule has 0 unspecified atom stereocenters. The van der Waals surface area contributed by atoms with Crippen molar-refractivity contribution >= 4 is 18.3 Å². The number of halogens is 1. The van der Waals surface area contributed by atoms with Crippen molar-refractivity contribution in [1.82, 2.24) is 0 Å². The Morgan fingerprint density at radius 3 is 2.52 bits per heavy atom. The van der Waals surface area contributed by atoms with E-state index in [1.165, 1.54) is 17.7 Å². The van der Waals surface area contributed by atoms with Crippen LogP contribution in [0.4, 0.5) is 10.1 Å². The highest BCUT2D eigenvalue weighted by Crippen LogP contribution is 2.18. The monoisotopic (exact) mass is 287 g/mol. The molecule has 0 spiro atoms. The van der Waals surface area contributed by atoms with E-state index >= 15 is 0 Å². The van der Waals surface area contributed by atoms with E-state index in [9.17, 15) is 14.4 Å². The topological polar surface area (TPSA) is 43.7 Å². The molecule has 0 amide bonds. The van der Waals surface area contributed by atoms with Crippen LogP contribution in [0.15, 0.2) is 42.5 Å². The molecule has 110 valence electrons. The first-order chi connectivity index (χ1) is 10.0. The minimum Gasteiger partial charge on any atom is -0.423 e. The highest BCUT2D eigenvalue weighted by Gasteiger charge is 2.17. The lowest BCUT2D eigenvalue weighted by atomic mass is 9.79. The summed E-state index contributed by atoms with van der Waals surface area (Å²) in [6.07, 6.45) is 0. The summed E-state index contributed by atoms with van der Waals surface area (Å²) in [6, 6.07) is 12.6. The Bertz CT molecular complexity index is 619. The van der Waals surface area contributed by atoms with Gasteiger partial charge < -0.3 is 14.9 Å². The molecule has 0 bridgehead atoms. The van der Waals surface area contributed by atoms with Crippen molar-refractivity contribution in [3.05, 3.63) is 59.4 Å². The summed E-state index contributed by atoms with van der Waals surface area (Å²) < 4.78 is 13.5. The molecule has 0 aliphatic carbocycles. The summed E-state index contributed by atoms with van der Waals surface area (Å²) in [4.78, 5) is 2.15. The van der Waals surface area contributed by atoms with E-state index in [1.807, 2.05) is 32.0 Å². The maximum absolute atomic E-state index is 13.5. The number of hydrogen-bond donors (Lipinski definition) is 2. The molecule has 21 heavy (non-hydrogen) atoms. The smallest absolute Gasteiger partial charge is 0.423 e. The Labute approximate surface area is 124 Å². The summed E-state index contributed by atoms with van der Waals surface area (Å²) in [6.45, 7) is 5.47. The number of anilines is 1. The molecule has 0 saturated heterocycles. The van der Waals surface area contributed by atoms with E-state index in [0.29, 0.717) is 6.54 Å². The molecule has 0 aromatic heterocycles. The van der Waals surface area contributed by atoms with Crippen LogP contribution in [0.5, 0.6) is 0 Å². The van der Waals surface area contributed by atoms with Gasteiger partial charge in [0.15, 0.2) is 0 Å². The Kier molecular flexibility index (Phi) is 4.99. The van der Waals surface area contributed by atoms with E-state index in [-0.39, 0.29) is 5.46 Å². The van der Waals surface area contributed by atoms with Crippen LogP contribution in [0, 0.1) is 12.7 Å². The third-order valence-corrected chi connectivity index (χ3v) is 3.46. The number of nitrogens with zero attached hydrogens (tertiary/aromatic N) is 1. The largest absolute Gasteiger partial charge is 0.491 e. The molecular formula is C16H19BFNO2. The molecule has 5 heteroatoms. The third-order valence-electron chi connectivity index (χ3n) is 3.46. The number of rotatable bonds is 5. The third kappa shape index (κ3) is 3.83. The lowest BCUT2D eigenvalue weighted by Crippen LogP contribution is -2.33. The highest BCUT2D eigenvalue weighted by atomic mass is 19.1. The summed E-state index contributed by atoms with van der Waals surface area (Å²) in [5, 5.41) is 18.4. The van der Waals surface area contributed by atoms with E-state index in [4.69, 9.17) is 0 Å². The van der Waals surface area contributed by atoms with Crippen molar-refractivity contribution in [2.75, 3.05) is 11.4 Å². The molecule has 0 aliphatic rings. The van der Waals surface area contributed by atoms with Gasteiger partial charge in [0.2, 0.25) is 0 Å². The lowest BCUT2D eigenvalue weighted by Gasteiger charge is -2.24. The van der Waals surface area contributed by atoms with Gasteiger partial charge in [-0.3, -0.25) is 0 Å². The van der Waals surface area contributed by atoms with Gasteiger partial charge >= 0.3 is 7.12 Å². The van der Waals surface area contributed by atoms with Gasteiger partial charge in [-0.25, -0.2) is 4.39 Å². The average molecular weight is 287 g/mol. The van der Waals surface area contributed by atoms with Crippen LogP contribution in [0.25, 0.3) is 0 Å². The second kappa shape index (κ2) is 6.74. The fourth-order valence-electron chi connectivity index (χ4n) is 2.32. The van der Waals surface area contributed by atoms with Crippen LogP contribution in [0.3, 0.4) is 0 Å². The second-order valence-electron chi connectivity index (χ2n) is 5.08. The normalized spacial score (nSPS) is 10.5. The average Bonchev–Trinajstić information content (AvgIpc) is 2.46. The standard InChI is InChI=1S/C16H19BFNO2/c1-3-19(14-6-4-5-12(2)9-14)11-13-7-8-16(18)15(10-13)17(20)21/h4-10,20-21H,3,11H2,1-2H3. The van der Waals surface area contributed by atoms with Gasteiger partial charge in [-0.2, -0.15) is 0 Å². The fraction of sp³-hybridized carbons (Fsp3) is 0.250. The minimum atomic E-state index is -1.79. The molecular weight excluding hydrogens is 268 g/mol. The van der Waals surface area contributed by atoms with Gasteiger partial charge in [0.05, 0.1) is 0 Å². The Morgan fingerprint density at radius 2 is 1.90 bits per heavy atom. The minimum absolute atomic E-state index is 0.0900. The van der Waals surface area contributed by atoms with Gasteiger partial charge in [-0.05, 0) is 43.2 Å². The van der Waals surface area contributed by atoms with Crippen molar-refractivity contribution in [3.63, 3.8) is 0 Å². The van der Waals surface area contributed by atoms with E-state index in [0.717, 1.165) is 17.8 Å². The van der Waals surface area contributed by atoms with Crippen molar-refractivity contribution in [1.29, 1.82) is 0 Å². The molecule has 2 aromatic rings. The van der Waals surface area contributed by atoms with Crippen LogP contribution in [-0.2, 0) is 6.54 Å². The predicted molar refractivity (Wildman–Crippen MR) is 84.1 cm³/mol. The SMILES string of the molecule is CCN(Cc1ccc(F)c(B(O)O)c1)c1cccc(C)c1. The first-order valence-corrected chi connectivity index (χ1v) is 6.97. The number of benzene rings is 2. The molecule has 0 fully saturated rings. The van der Waals surface area contributed by atoms with Crippen molar-refractivity contribution in [2.45, 2.75) is 20.4 Å². The molecule has 3 nitrogen and oxygen atoms in total. The van der Waals surface area contributed by atoms with Crippen LogP contribution >= 0.6 is 0 Å². The zero-order valence-electron chi connectivity index (χ0n) is 12.3. The first kappa shape index (κ1) is 15.5. The van der Waals surface area contributed by atoms with Gasteiger partial charge in [-0.1, -0.05) is 24.3 Å². The van der Waals surface area contributed by atoms with Gasteiger partial charge in [0.1, 0.15) is 5.82 Å².